The molecule has 104 valence electrons. The number of benzene rings is 1. The quantitative estimate of drug-likeness (QED) is 0.906. The molecule has 0 aromatic heterocycles. The van der Waals surface area contributed by atoms with Crippen LogP contribution in [-0.4, -0.2) is 24.9 Å². The zero-order chi connectivity index (χ0) is 13.1. The summed E-state index contributed by atoms with van der Waals surface area (Å²) in [4.78, 5) is 0. The average Bonchev–Trinajstić information content (AvgIpc) is 2.89. The normalized spacial score (nSPS) is 24.8. The van der Waals surface area contributed by atoms with Gasteiger partial charge in [-0.3, -0.25) is 0 Å². The minimum atomic E-state index is -0.0869. The van der Waals surface area contributed by atoms with Crippen LogP contribution in [0.2, 0.25) is 0 Å². The maximum atomic E-state index is 6.18. The Morgan fingerprint density at radius 1 is 1.21 bits per heavy atom. The highest BCUT2D eigenvalue weighted by molar-refractivity contribution is 5.37. The number of para-hydroxylation sites is 1. The van der Waals surface area contributed by atoms with Gasteiger partial charge >= 0.3 is 0 Å². The average molecular weight is 261 g/mol. The van der Waals surface area contributed by atoms with Crippen LogP contribution in [0.1, 0.15) is 37.7 Å². The summed E-state index contributed by atoms with van der Waals surface area (Å²) in [6, 6.07) is 8.25. The van der Waals surface area contributed by atoms with E-state index in [2.05, 4.69) is 12.1 Å². The van der Waals surface area contributed by atoms with Crippen LogP contribution in [0.4, 0.5) is 0 Å². The van der Waals surface area contributed by atoms with Crippen LogP contribution >= 0.6 is 0 Å². The topological polar surface area (TPSA) is 44.5 Å². The first-order chi connectivity index (χ1) is 9.31. The predicted molar refractivity (Wildman–Crippen MR) is 75.4 cm³/mol. The van der Waals surface area contributed by atoms with Gasteiger partial charge in [0.1, 0.15) is 11.9 Å². The first kappa shape index (κ1) is 12.9. The fourth-order valence-corrected chi connectivity index (χ4v) is 3.22. The monoisotopic (exact) mass is 261 g/mol. The van der Waals surface area contributed by atoms with Crippen molar-refractivity contribution in [1.29, 1.82) is 0 Å². The summed E-state index contributed by atoms with van der Waals surface area (Å²) in [5, 5.41) is 0. The van der Waals surface area contributed by atoms with E-state index in [0.29, 0.717) is 13.2 Å². The fraction of sp³-hybridized carbons (Fsp3) is 0.625. The Labute approximate surface area is 115 Å². The molecule has 0 spiro atoms. The fourth-order valence-electron chi connectivity index (χ4n) is 3.22. The van der Waals surface area contributed by atoms with E-state index in [1.807, 2.05) is 12.1 Å². The SMILES string of the molecule is NCC1(OCC2Cc3ccccc3O2)CCCCC1. The molecule has 1 aromatic carbocycles. The summed E-state index contributed by atoms with van der Waals surface area (Å²) in [7, 11) is 0. The summed E-state index contributed by atoms with van der Waals surface area (Å²) >= 11 is 0. The molecule has 1 aliphatic heterocycles. The van der Waals surface area contributed by atoms with E-state index in [9.17, 15) is 0 Å². The molecule has 1 saturated carbocycles. The van der Waals surface area contributed by atoms with Crippen LogP contribution in [0.5, 0.6) is 5.75 Å². The molecule has 1 unspecified atom stereocenters. The van der Waals surface area contributed by atoms with Gasteiger partial charge in [0.2, 0.25) is 0 Å². The highest BCUT2D eigenvalue weighted by Crippen LogP contribution is 2.33. The first-order valence-corrected chi connectivity index (χ1v) is 7.40. The van der Waals surface area contributed by atoms with Crippen molar-refractivity contribution in [3.63, 3.8) is 0 Å². The zero-order valence-electron chi connectivity index (χ0n) is 11.4. The third-order valence-electron chi connectivity index (χ3n) is 4.43. The van der Waals surface area contributed by atoms with Crippen LogP contribution in [0.15, 0.2) is 24.3 Å². The molecule has 2 aliphatic rings. The standard InChI is InChI=1S/C16H23NO2/c17-12-16(8-4-1-5-9-16)18-11-14-10-13-6-2-3-7-15(13)19-14/h2-3,6-7,14H,1,4-5,8-12,17H2. The largest absolute Gasteiger partial charge is 0.487 e. The number of ether oxygens (including phenoxy) is 2. The van der Waals surface area contributed by atoms with Crippen LogP contribution in [-0.2, 0) is 11.2 Å². The predicted octanol–water partition coefficient (Wildman–Crippen LogP) is 2.67. The molecule has 19 heavy (non-hydrogen) atoms. The maximum Gasteiger partial charge on any atom is 0.126 e. The Morgan fingerprint density at radius 3 is 2.74 bits per heavy atom. The minimum absolute atomic E-state index is 0.0869. The minimum Gasteiger partial charge on any atom is -0.487 e. The second kappa shape index (κ2) is 5.51. The third kappa shape index (κ3) is 2.77. The summed E-state index contributed by atoms with van der Waals surface area (Å²) in [5.74, 6) is 1.02. The summed E-state index contributed by atoms with van der Waals surface area (Å²) in [6.45, 7) is 1.29. The number of hydrogen-bond donors (Lipinski definition) is 1. The molecule has 1 atom stereocenters. The van der Waals surface area contributed by atoms with E-state index >= 15 is 0 Å². The van der Waals surface area contributed by atoms with Crippen LogP contribution in [0.25, 0.3) is 0 Å². The van der Waals surface area contributed by atoms with Gasteiger partial charge in [-0.25, -0.2) is 0 Å². The van der Waals surface area contributed by atoms with Gasteiger partial charge in [0, 0.05) is 13.0 Å². The highest BCUT2D eigenvalue weighted by atomic mass is 16.5. The van der Waals surface area contributed by atoms with Crippen molar-refractivity contribution in [2.45, 2.75) is 50.2 Å². The summed E-state index contributed by atoms with van der Waals surface area (Å²) < 4.78 is 12.1. The second-order valence-electron chi connectivity index (χ2n) is 5.81. The Bertz CT molecular complexity index is 402. The van der Waals surface area contributed by atoms with Crippen molar-refractivity contribution in [1.82, 2.24) is 0 Å². The zero-order valence-corrected chi connectivity index (χ0v) is 11.4. The van der Waals surface area contributed by atoms with Crippen molar-refractivity contribution in [3.05, 3.63) is 29.8 Å². The number of nitrogens with two attached hydrogens (primary N) is 1. The molecule has 3 nitrogen and oxygen atoms in total. The van der Waals surface area contributed by atoms with Crippen molar-refractivity contribution >= 4 is 0 Å². The maximum absolute atomic E-state index is 6.18. The van der Waals surface area contributed by atoms with Crippen LogP contribution < -0.4 is 10.5 Å². The van der Waals surface area contributed by atoms with E-state index < -0.39 is 0 Å². The van der Waals surface area contributed by atoms with Crippen LogP contribution in [0.3, 0.4) is 0 Å². The molecule has 1 aliphatic carbocycles. The first-order valence-electron chi connectivity index (χ1n) is 7.40. The lowest BCUT2D eigenvalue weighted by atomic mass is 9.84. The number of rotatable bonds is 4. The second-order valence-corrected chi connectivity index (χ2v) is 5.81. The molecule has 0 amide bonds. The van der Waals surface area contributed by atoms with Gasteiger partial charge in [-0.2, -0.15) is 0 Å². The molecular formula is C16H23NO2. The molecule has 0 saturated heterocycles. The van der Waals surface area contributed by atoms with E-state index in [1.54, 1.807) is 0 Å². The van der Waals surface area contributed by atoms with Gasteiger partial charge in [-0.15, -0.1) is 0 Å². The molecule has 1 heterocycles. The Balaban J connectivity index is 1.56. The molecular weight excluding hydrogens is 238 g/mol. The molecule has 1 aromatic rings. The number of hydrogen-bond acceptors (Lipinski definition) is 3. The van der Waals surface area contributed by atoms with Crippen molar-refractivity contribution in [3.8, 4) is 5.75 Å². The smallest absolute Gasteiger partial charge is 0.126 e. The van der Waals surface area contributed by atoms with Crippen molar-refractivity contribution in [2.75, 3.05) is 13.2 Å². The Hall–Kier alpha value is -1.06. The lowest BCUT2D eigenvalue weighted by Gasteiger charge is -2.36. The summed E-state index contributed by atoms with van der Waals surface area (Å²) in [6.07, 6.45) is 7.11. The van der Waals surface area contributed by atoms with Gasteiger partial charge < -0.3 is 15.2 Å². The number of fused-ring (bicyclic) bond motifs is 1. The highest BCUT2D eigenvalue weighted by Gasteiger charge is 2.33. The van der Waals surface area contributed by atoms with Gasteiger partial charge in [-0.05, 0) is 24.5 Å². The molecule has 1 fully saturated rings. The van der Waals surface area contributed by atoms with Crippen LogP contribution in [0, 0.1) is 0 Å². The van der Waals surface area contributed by atoms with E-state index in [4.69, 9.17) is 15.2 Å². The van der Waals surface area contributed by atoms with Gasteiger partial charge in [0.25, 0.3) is 0 Å². The Kier molecular flexibility index (Phi) is 3.76. The molecule has 3 heteroatoms. The lowest BCUT2D eigenvalue weighted by molar-refractivity contribution is -0.0854. The van der Waals surface area contributed by atoms with Gasteiger partial charge in [0.15, 0.2) is 0 Å². The van der Waals surface area contributed by atoms with E-state index in [0.717, 1.165) is 25.0 Å². The van der Waals surface area contributed by atoms with Crippen molar-refractivity contribution < 1.29 is 9.47 Å². The molecule has 0 bridgehead atoms. The van der Waals surface area contributed by atoms with E-state index in [1.165, 1.54) is 24.8 Å². The molecule has 3 rings (SSSR count). The Morgan fingerprint density at radius 2 is 2.00 bits per heavy atom. The molecule has 0 radical (unpaired) electrons. The van der Waals surface area contributed by atoms with Gasteiger partial charge in [0.05, 0.1) is 12.2 Å². The van der Waals surface area contributed by atoms with Crippen molar-refractivity contribution in [2.24, 2.45) is 5.73 Å². The lowest BCUT2D eigenvalue weighted by Crippen LogP contribution is -2.44. The molecule has 2 N–H and O–H groups in total. The van der Waals surface area contributed by atoms with E-state index in [-0.39, 0.29) is 11.7 Å². The third-order valence-corrected chi connectivity index (χ3v) is 4.43. The summed E-state index contributed by atoms with van der Waals surface area (Å²) in [5.41, 5.74) is 7.15. The van der Waals surface area contributed by atoms with Gasteiger partial charge in [-0.1, -0.05) is 37.5 Å².